The predicted molar refractivity (Wildman–Crippen MR) is 95.3 cm³/mol. The number of nitrogens with zero attached hydrogens (tertiary/aromatic N) is 5. The zero-order chi connectivity index (χ0) is 18.7. The first-order valence-electron chi connectivity index (χ1n) is 7.36. The average molecular weight is 395 g/mol. The molecule has 0 fully saturated rings. The van der Waals surface area contributed by atoms with Crippen molar-refractivity contribution in [3.63, 3.8) is 0 Å². The molecule has 0 aliphatic carbocycles. The Bertz CT molecular complexity index is 951. The van der Waals surface area contributed by atoms with Crippen molar-refractivity contribution in [1.82, 2.24) is 19.6 Å². The van der Waals surface area contributed by atoms with Crippen molar-refractivity contribution < 1.29 is 9.72 Å². The number of carbonyl (C=O) groups excluding carboxylic acids is 1. The summed E-state index contributed by atoms with van der Waals surface area (Å²) in [5.74, 6) is -0.586. The van der Waals surface area contributed by atoms with Gasteiger partial charge in [-0.1, -0.05) is 35.3 Å². The van der Waals surface area contributed by atoms with Crippen LogP contribution in [0.3, 0.4) is 0 Å². The Labute approximate surface area is 157 Å². The van der Waals surface area contributed by atoms with Crippen LogP contribution in [0.5, 0.6) is 0 Å². The highest BCUT2D eigenvalue weighted by molar-refractivity contribution is 6.33. The summed E-state index contributed by atoms with van der Waals surface area (Å²) in [7, 11) is 0. The van der Waals surface area contributed by atoms with Crippen LogP contribution in [0.1, 0.15) is 5.56 Å². The topological polar surface area (TPSA) is 108 Å². The fourth-order valence-electron chi connectivity index (χ4n) is 2.19. The van der Waals surface area contributed by atoms with E-state index in [0.29, 0.717) is 11.6 Å². The van der Waals surface area contributed by atoms with E-state index in [0.717, 1.165) is 10.2 Å². The number of carbonyl (C=O) groups is 1. The predicted octanol–water partition coefficient (Wildman–Crippen LogP) is 2.98. The fourth-order valence-corrected chi connectivity index (χ4v) is 2.52. The van der Waals surface area contributed by atoms with Crippen LogP contribution in [-0.2, 0) is 17.9 Å². The molecule has 0 aliphatic heterocycles. The summed E-state index contributed by atoms with van der Waals surface area (Å²) in [4.78, 5) is 22.0. The molecule has 2 aromatic heterocycles. The molecular weight excluding hydrogens is 383 g/mol. The van der Waals surface area contributed by atoms with Gasteiger partial charge in [0.15, 0.2) is 5.82 Å². The Morgan fingerprint density at radius 2 is 1.88 bits per heavy atom. The Morgan fingerprint density at radius 1 is 1.15 bits per heavy atom. The van der Waals surface area contributed by atoms with Crippen LogP contribution in [0.15, 0.2) is 42.7 Å². The highest BCUT2D eigenvalue weighted by Crippen LogP contribution is 2.20. The Kier molecular flexibility index (Phi) is 5.19. The molecule has 0 aliphatic rings. The van der Waals surface area contributed by atoms with Gasteiger partial charge in [-0.05, 0) is 22.6 Å². The molecule has 11 heteroatoms. The first kappa shape index (κ1) is 17.9. The van der Waals surface area contributed by atoms with Gasteiger partial charge in [0.05, 0.1) is 23.9 Å². The van der Waals surface area contributed by atoms with E-state index < -0.39 is 10.8 Å². The van der Waals surface area contributed by atoms with Crippen LogP contribution < -0.4 is 5.32 Å². The number of anilines is 1. The van der Waals surface area contributed by atoms with Crippen molar-refractivity contribution in [3.8, 4) is 0 Å². The number of hydrogen-bond donors (Lipinski definition) is 1. The van der Waals surface area contributed by atoms with Gasteiger partial charge in [-0.15, -0.1) is 0 Å². The van der Waals surface area contributed by atoms with E-state index in [1.165, 1.54) is 12.3 Å². The van der Waals surface area contributed by atoms with Gasteiger partial charge in [-0.25, -0.2) is 0 Å². The molecule has 9 nitrogen and oxygen atoms in total. The Hall–Kier alpha value is -2.91. The molecule has 1 aromatic carbocycles. The quantitative estimate of drug-likeness (QED) is 0.510. The number of nitro groups is 1. The molecule has 0 saturated carbocycles. The molecule has 0 radical (unpaired) electrons. The minimum atomic E-state index is -0.635. The average Bonchev–Trinajstić information content (AvgIpc) is 3.17. The van der Waals surface area contributed by atoms with E-state index in [2.05, 4.69) is 15.5 Å². The molecule has 0 bridgehead atoms. The molecule has 26 heavy (non-hydrogen) atoms. The lowest BCUT2D eigenvalue weighted by Crippen LogP contribution is -2.19. The number of amides is 1. The second-order valence-corrected chi connectivity index (χ2v) is 6.17. The second-order valence-electron chi connectivity index (χ2n) is 5.33. The van der Waals surface area contributed by atoms with Crippen molar-refractivity contribution >= 4 is 40.7 Å². The first-order chi connectivity index (χ1) is 12.4. The number of benzene rings is 1. The van der Waals surface area contributed by atoms with Gasteiger partial charge in [0, 0.05) is 11.2 Å². The van der Waals surface area contributed by atoms with Crippen LogP contribution in [0, 0.1) is 10.1 Å². The summed E-state index contributed by atoms with van der Waals surface area (Å²) in [5, 5.41) is 22.0. The van der Waals surface area contributed by atoms with Gasteiger partial charge in [0.1, 0.15) is 11.6 Å². The number of halogens is 2. The molecule has 0 atom stereocenters. The zero-order valence-corrected chi connectivity index (χ0v) is 14.7. The lowest BCUT2D eigenvalue weighted by atomic mass is 10.2. The Morgan fingerprint density at radius 3 is 2.54 bits per heavy atom. The van der Waals surface area contributed by atoms with Crippen LogP contribution >= 0.6 is 23.2 Å². The summed E-state index contributed by atoms with van der Waals surface area (Å²) in [6.07, 6.45) is 2.93. The smallest absolute Gasteiger partial charge is 0.358 e. The molecule has 2 heterocycles. The summed E-state index contributed by atoms with van der Waals surface area (Å²) < 4.78 is 2.74. The van der Waals surface area contributed by atoms with Gasteiger partial charge in [-0.2, -0.15) is 9.78 Å². The maximum Gasteiger partial charge on any atom is 0.389 e. The highest BCUT2D eigenvalue weighted by atomic mass is 35.5. The van der Waals surface area contributed by atoms with Crippen molar-refractivity contribution in [1.29, 1.82) is 0 Å². The molecule has 0 spiro atoms. The van der Waals surface area contributed by atoms with Gasteiger partial charge in [0.25, 0.3) is 0 Å². The van der Waals surface area contributed by atoms with E-state index in [-0.39, 0.29) is 23.2 Å². The zero-order valence-electron chi connectivity index (χ0n) is 13.2. The third-order valence-electron chi connectivity index (χ3n) is 3.35. The van der Waals surface area contributed by atoms with E-state index in [1.54, 1.807) is 23.0 Å². The molecular formula is C15H12Cl2N6O3. The molecule has 0 unspecified atom stereocenters. The lowest BCUT2D eigenvalue weighted by Gasteiger charge is -2.02. The van der Waals surface area contributed by atoms with E-state index in [9.17, 15) is 14.9 Å². The summed E-state index contributed by atoms with van der Waals surface area (Å²) in [5.41, 5.74) is 0.968. The van der Waals surface area contributed by atoms with Crippen LogP contribution in [0.4, 0.5) is 11.6 Å². The van der Waals surface area contributed by atoms with Gasteiger partial charge in [0.2, 0.25) is 5.91 Å². The molecule has 3 aromatic rings. The molecule has 134 valence electrons. The van der Waals surface area contributed by atoms with Crippen molar-refractivity contribution in [2.45, 2.75) is 13.1 Å². The van der Waals surface area contributed by atoms with Crippen LogP contribution in [0.2, 0.25) is 10.0 Å². The van der Waals surface area contributed by atoms with Crippen LogP contribution in [-0.4, -0.2) is 30.4 Å². The third kappa shape index (κ3) is 4.38. The van der Waals surface area contributed by atoms with Crippen molar-refractivity contribution in [2.24, 2.45) is 0 Å². The molecule has 1 amide bonds. The van der Waals surface area contributed by atoms with Gasteiger partial charge >= 0.3 is 5.82 Å². The third-order valence-corrected chi connectivity index (χ3v) is 3.88. The summed E-state index contributed by atoms with van der Waals surface area (Å²) >= 11 is 11.9. The number of aromatic nitrogens is 4. The van der Waals surface area contributed by atoms with Gasteiger partial charge < -0.3 is 15.4 Å². The minimum Gasteiger partial charge on any atom is -0.358 e. The highest BCUT2D eigenvalue weighted by Gasteiger charge is 2.15. The van der Waals surface area contributed by atoms with Crippen molar-refractivity contribution in [2.75, 3.05) is 5.32 Å². The minimum absolute atomic E-state index is 0.200. The fraction of sp³-hybridized carbons (Fsp3) is 0.133. The SMILES string of the molecule is O=C(Cn1ccc([N+](=O)[O-])n1)Nc1nn(Cc2ccc(Cl)cc2)cc1Cl. The molecule has 3 rings (SSSR count). The lowest BCUT2D eigenvalue weighted by molar-refractivity contribution is -0.389. The Balaban J connectivity index is 1.63. The molecule has 0 saturated heterocycles. The van der Waals surface area contributed by atoms with Crippen LogP contribution in [0.25, 0.3) is 0 Å². The monoisotopic (exact) mass is 394 g/mol. The maximum atomic E-state index is 12.1. The standard InChI is InChI=1S/C15H12Cl2N6O3/c16-11-3-1-10(2-4-11)7-22-8-12(17)15(20-22)18-14(24)9-21-6-5-13(19-21)23(25)26/h1-6,8H,7,9H2,(H,18,20,24). The summed E-state index contributed by atoms with van der Waals surface area (Å²) in [6.45, 7) is 0.256. The van der Waals surface area contributed by atoms with Gasteiger partial charge in [-0.3, -0.25) is 9.48 Å². The van der Waals surface area contributed by atoms with E-state index >= 15 is 0 Å². The normalized spacial score (nSPS) is 10.7. The number of hydrogen-bond acceptors (Lipinski definition) is 5. The summed E-state index contributed by atoms with van der Waals surface area (Å²) in [6, 6.07) is 8.48. The van der Waals surface area contributed by atoms with E-state index in [4.69, 9.17) is 23.2 Å². The van der Waals surface area contributed by atoms with Crippen molar-refractivity contribution in [3.05, 3.63) is 68.4 Å². The van der Waals surface area contributed by atoms with E-state index in [1.807, 2.05) is 12.1 Å². The number of nitrogens with one attached hydrogen (secondary N) is 1. The molecule has 1 N–H and O–H groups in total. The first-order valence-corrected chi connectivity index (χ1v) is 8.11. The second kappa shape index (κ2) is 7.54. The number of rotatable bonds is 6. The maximum absolute atomic E-state index is 12.1. The largest absolute Gasteiger partial charge is 0.389 e.